The molecule has 2 saturated heterocycles. The van der Waals surface area contributed by atoms with E-state index in [0.29, 0.717) is 6.04 Å². The largest absolute Gasteiger partial charge is 0.346 e. The van der Waals surface area contributed by atoms with E-state index in [0.717, 1.165) is 26.2 Å². The molecule has 0 aromatic heterocycles. The second-order valence-corrected chi connectivity index (χ2v) is 6.16. The summed E-state index contributed by atoms with van der Waals surface area (Å²) in [6.07, 6.45) is 2.40. The number of amides is 2. The van der Waals surface area contributed by atoms with E-state index in [1.807, 2.05) is 18.7 Å². The molecule has 2 aliphatic heterocycles. The molecule has 0 radical (unpaired) electrons. The summed E-state index contributed by atoms with van der Waals surface area (Å²) in [6.45, 7) is 7.53. The summed E-state index contributed by atoms with van der Waals surface area (Å²) in [5, 5.41) is 2.65. The van der Waals surface area contributed by atoms with Crippen LogP contribution in [0.25, 0.3) is 0 Å². The predicted molar refractivity (Wildman–Crippen MR) is 77.0 cm³/mol. The summed E-state index contributed by atoms with van der Waals surface area (Å²) in [7, 11) is 0. The standard InChI is InChI=1S/C14H26N4O2/c1-10(2)13(15)14(20)16-8-12(19)18-7-6-17-5-3-4-11(17)9-18/h10-11,13H,3-9,15H2,1-2H3,(H,16,20)/t11?,13-/m0/s1. The van der Waals surface area contributed by atoms with Crippen LogP contribution in [0.5, 0.6) is 0 Å². The number of hydrogen-bond acceptors (Lipinski definition) is 4. The maximum absolute atomic E-state index is 12.1. The lowest BCUT2D eigenvalue weighted by Crippen LogP contribution is -2.55. The monoisotopic (exact) mass is 282 g/mol. The quantitative estimate of drug-likeness (QED) is 0.721. The summed E-state index contributed by atoms with van der Waals surface area (Å²) >= 11 is 0. The highest BCUT2D eigenvalue weighted by atomic mass is 16.2. The van der Waals surface area contributed by atoms with E-state index in [1.165, 1.54) is 12.8 Å². The highest BCUT2D eigenvalue weighted by molar-refractivity contribution is 5.87. The zero-order valence-electron chi connectivity index (χ0n) is 12.5. The maximum Gasteiger partial charge on any atom is 0.242 e. The molecule has 2 fully saturated rings. The number of nitrogens with one attached hydrogen (secondary N) is 1. The molecule has 0 spiro atoms. The Bertz CT molecular complexity index is 372. The number of piperazine rings is 1. The zero-order chi connectivity index (χ0) is 14.7. The van der Waals surface area contributed by atoms with Gasteiger partial charge >= 0.3 is 0 Å². The smallest absolute Gasteiger partial charge is 0.242 e. The Morgan fingerprint density at radius 1 is 1.30 bits per heavy atom. The van der Waals surface area contributed by atoms with Gasteiger partial charge in [-0.3, -0.25) is 14.5 Å². The van der Waals surface area contributed by atoms with Gasteiger partial charge in [0, 0.05) is 25.7 Å². The van der Waals surface area contributed by atoms with E-state index >= 15 is 0 Å². The van der Waals surface area contributed by atoms with Crippen LogP contribution < -0.4 is 11.1 Å². The van der Waals surface area contributed by atoms with Crippen molar-refractivity contribution in [3.63, 3.8) is 0 Å². The van der Waals surface area contributed by atoms with Crippen LogP contribution in [0.4, 0.5) is 0 Å². The summed E-state index contributed by atoms with van der Waals surface area (Å²) < 4.78 is 0. The van der Waals surface area contributed by atoms with Gasteiger partial charge in [0.15, 0.2) is 0 Å². The predicted octanol–water partition coefficient (Wildman–Crippen LogP) is -0.607. The fourth-order valence-electron chi connectivity index (χ4n) is 2.91. The molecule has 20 heavy (non-hydrogen) atoms. The van der Waals surface area contributed by atoms with Gasteiger partial charge in [0.25, 0.3) is 0 Å². The Labute approximate surface area is 120 Å². The molecule has 1 unspecified atom stereocenters. The molecule has 0 aliphatic carbocycles. The van der Waals surface area contributed by atoms with Crippen molar-refractivity contribution in [2.75, 3.05) is 32.7 Å². The second-order valence-electron chi connectivity index (χ2n) is 6.16. The Kier molecular flexibility index (Phi) is 4.99. The van der Waals surface area contributed by atoms with Crippen LogP contribution in [0.15, 0.2) is 0 Å². The normalized spacial score (nSPS) is 24.6. The van der Waals surface area contributed by atoms with Gasteiger partial charge in [-0.05, 0) is 25.3 Å². The molecule has 6 heteroatoms. The lowest BCUT2D eigenvalue weighted by Gasteiger charge is -2.37. The molecule has 2 heterocycles. The number of hydrogen-bond donors (Lipinski definition) is 2. The van der Waals surface area contributed by atoms with E-state index < -0.39 is 6.04 Å². The molecule has 3 N–H and O–H groups in total. The topological polar surface area (TPSA) is 78.7 Å². The molecule has 2 atom stereocenters. The van der Waals surface area contributed by atoms with Gasteiger partial charge in [-0.2, -0.15) is 0 Å². The van der Waals surface area contributed by atoms with Gasteiger partial charge < -0.3 is 16.0 Å². The maximum atomic E-state index is 12.1. The van der Waals surface area contributed by atoms with Crippen LogP contribution in [-0.2, 0) is 9.59 Å². The molecule has 114 valence electrons. The highest BCUT2D eigenvalue weighted by Crippen LogP contribution is 2.21. The molecular weight excluding hydrogens is 256 g/mol. The fourth-order valence-corrected chi connectivity index (χ4v) is 2.91. The molecule has 2 aliphatic rings. The van der Waals surface area contributed by atoms with Crippen LogP contribution in [0.3, 0.4) is 0 Å². The Morgan fingerprint density at radius 3 is 2.75 bits per heavy atom. The fraction of sp³-hybridized carbons (Fsp3) is 0.857. The van der Waals surface area contributed by atoms with Crippen molar-refractivity contribution in [2.24, 2.45) is 11.7 Å². The van der Waals surface area contributed by atoms with Crippen molar-refractivity contribution < 1.29 is 9.59 Å². The van der Waals surface area contributed by atoms with E-state index in [4.69, 9.17) is 5.73 Å². The number of nitrogens with zero attached hydrogens (tertiary/aromatic N) is 2. The first-order valence-electron chi connectivity index (χ1n) is 7.54. The van der Waals surface area contributed by atoms with Gasteiger partial charge in [0.2, 0.25) is 11.8 Å². The highest BCUT2D eigenvalue weighted by Gasteiger charge is 2.32. The van der Waals surface area contributed by atoms with Gasteiger partial charge in [-0.1, -0.05) is 13.8 Å². The van der Waals surface area contributed by atoms with Crippen molar-refractivity contribution in [1.82, 2.24) is 15.1 Å². The van der Waals surface area contributed by atoms with Gasteiger partial charge in [0.05, 0.1) is 12.6 Å². The van der Waals surface area contributed by atoms with E-state index in [1.54, 1.807) is 0 Å². The average Bonchev–Trinajstić information content (AvgIpc) is 2.90. The third-order valence-corrected chi connectivity index (χ3v) is 4.37. The van der Waals surface area contributed by atoms with E-state index in [-0.39, 0.29) is 24.3 Å². The van der Waals surface area contributed by atoms with E-state index in [2.05, 4.69) is 10.2 Å². The first-order chi connectivity index (χ1) is 9.49. The van der Waals surface area contributed by atoms with Gasteiger partial charge in [-0.25, -0.2) is 0 Å². The third kappa shape index (κ3) is 3.49. The van der Waals surface area contributed by atoms with Crippen molar-refractivity contribution >= 4 is 11.8 Å². The molecule has 6 nitrogen and oxygen atoms in total. The Balaban J connectivity index is 1.76. The molecule has 2 rings (SSSR count). The molecule has 0 saturated carbocycles. The summed E-state index contributed by atoms with van der Waals surface area (Å²) in [5.74, 6) is -0.166. The summed E-state index contributed by atoms with van der Waals surface area (Å²) in [6, 6.07) is -0.0317. The molecule has 0 bridgehead atoms. The molecule has 0 aromatic rings. The van der Waals surface area contributed by atoms with Crippen LogP contribution in [0.2, 0.25) is 0 Å². The Morgan fingerprint density at radius 2 is 2.05 bits per heavy atom. The van der Waals surface area contributed by atoms with Crippen molar-refractivity contribution in [3.8, 4) is 0 Å². The summed E-state index contributed by atoms with van der Waals surface area (Å²) in [4.78, 5) is 28.2. The summed E-state index contributed by atoms with van der Waals surface area (Å²) in [5.41, 5.74) is 5.75. The minimum Gasteiger partial charge on any atom is -0.346 e. The van der Waals surface area contributed by atoms with Crippen molar-refractivity contribution in [3.05, 3.63) is 0 Å². The number of carbonyl (C=O) groups is 2. The Hall–Kier alpha value is -1.14. The first-order valence-corrected chi connectivity index (χ1v) is 7.54. The van der Waals surface area contributed by atoms with Crippen LogP contribution >= 0.6 is 0 Å². The average molecular weight is 282 g/mol. The van der Waals surface area contributed by atoms with Crippen LogP contribution in [0, 0.1) is 5.92 Å². The van der Waals surface area contributed by atoms with Crippen molar-refractivity contribution in [2.45, 2.75) is 38.8 Å². The van der Waals surface area contributed by atoms with Crippen LogP contribution in [0.1, 0.15) is 26.7 Å². The third-order valence-electron chi connectivity index (χ3n) is 4.37. The van der Waals surface area contributed by atoms with Gasteiger partial charge in [-0.15, -0.1) is 0 Å². The lowest BCUT2D eigenvalue weighted by atomic mass is 10.1. The second kappa shape index (κ2) is 6.54. The molecule has 0 aromatic carbocycles. The first kappa shape index (κ1) is 15.3. The number of nitrogens with two attached hydrogens (primary N) is 1. The van der Waals surface area contributed by atoms with Crippen molar-refractivity contribution in [1.29, 1.82) is 0 Å². The number of rotatable bonds is 4. The molecule has 2 amide bonds. The number of fused-ring (bicyclic) bond motifs is 1. The van der Waals surface area contributed by atoms with E-state index in [9.17, 15) is 9.59 Å². The minimum absolute atomic E-state index is 0.000793. The zero-order valence-corrected chi connectivity index (χ0v) is 12.5. The number of carbonyl (C=O) groups excluding carboxylic acids is 2. The van der Waals surface area contributed by atoms with Gasteiger partial charge in [0.1, 0.15) is 0 Å². The molecular formula is C14H26N4O2. The van der Waals surface area contributed by atoms with Crippen LogP contribution in [-0.4, -0.2) is 66.4 Å². The minimum atomic E-state index is -0.547. The SMILES string of the molecule is CC(C)[C@H](N)C(=O)NCC(=O)N1CCN2CCCC2C1. The lowest BCUT2D eigenvalue weighted by molar-refractivity contribution is -0.135.